The van der Waals surface area contributed by atoms with Crippen LogP contribution in [-0.4, -0.2) is 19.1 Å². The number of hydrogen-bond acceptors (Lipinski definition) is 3. The van der Waals surface area contributed by atoms with Gasteiger partial charge in [-0.3, -0.25) is 4.79 Å². The average molecular weight is 367 g/mol. The van der Waals surface area contributed by atoms with Crippen molar-refractivity contribution in [3.8, 4) is 5.75 Å². The summed E-state index contributed by atoms with van der Waals surface area (Å²) in [5.74, 6) is 1.08. The first-order chi connectivity index (χ1) is 11.4. The van der Waals surface area contributed by atoms with Crippen molar-refractivity contribution in [2.75, 3.05) is 23.8 Å². The zero-order valence-corrected chi connectivity index (χ0v) is 15.1. The number of hydrogen-bond donors (Lipinski definition) is 2. The normalized spacial score (nSPS) is 10.5. The molecule has 0 aliphatic rings. The van der Waals surface area contributed by atoms with Crippen LogP contribution >= 0.6 is 23.2 Å². The van der Waals surface area contributed by atoms with E-state index in [1.54, 1.807) is 18.2 Å². The van der Waals surface area contributed by atoms with Gasteiger partial charge in [0.2, 0.25) is 5.91 Å². The van der Waals surface area contributed by atoms with Crippen LogP contribution in [0, 0.1) is 5.92 Å². The van der Waals surface area contributed by atoms with Gasteiger partial charge in [0.05, 0.1) is 23.9 Å². The van der Waals surface area contributed by atoms with E-state index in [4.69, 9.17) is 27.9 Å². The molecule has 0 atom stereocenters. The number of anilines is 2. The van der Waals surface area contributed by atoms with Gasteiger partial charge in [0.25, 0.3) is 0 Å². The second-order valence-electron chi connectivity index (χ2n) is 5.76. The molecule has 2 aromatic carbocycles. The molecule has 0 saturated heterocycles. The van der Waals surface area contributed by atoms with Crippen LogP contribution in [0.25, 0.3) is 0 Å². The van der Waals surface area contributed by atoms with E-state index in [1.165, 1.54) is 0 Å². The molecule has 6 heteroatoms. The second-order valence-corrected chi connectivity index (χ2v) is 6.60. The van der Waals surface area contributed by atoms with Crippen LogP contribution in [0.2, 0.25) is 10.0 Å². The standard InChI is InChI=1S/C18H20Cl2N2O2/c1-12(2)11-24-15-6-4-14(5-7-15)22-18(23)10-21-17-8-3-13(19)9-16(17)20/h3-9,12,21H,10-11H2,1-2H3,(H,22,23). The summed E-state index contributed by atoms with van der Waals surface area (Å²) in [6, 6.07) is 12.4. The Balaban J connectivity index is 1.83. The number of rotatable bonds is 7. The fourth-order valence-corrected chi connectivity index (χ4v) is 2.39. The molecular formula is C18H20Cl2N2O2. The molecule has 24 heavy (non-hydrogen) atoms. The lowest BCUT2D eigenvalue weighted by atomic mass is 10.2. The quantitative estimate of drug-likeness (QED) is 0.718. The van der Waals surface area contributed by atoms with Crippen molar-refractivity contribution in [1.29, 1.82) is 0 Å². The molecule has 0 aliphatic heterocycles. The van der Waals surface area contributed by atoms with Crippen LogP contribution in [0.3, 0.4) is 0 Å². The van der Waals surface area contributed by atoms with E-state index in [2.05, 4.69) is 24.5 Å². The first-order valence-electron chi connectivity index (χ1n) is 7.65. The van der Waals surface area contributed by atoms with Crippen molar-refractivity contribution in [2.45, 2.75) is 13.8 Å². The van der Waals surface area contributed by atoms with E-state index >= 15 is 0 Å². The van der Waals surface area contributed by atoms with Gasteiger partial charge in [-0.1, -0.05) is 37.0 Å². The second kappa shape index (κ2) is 8.81. The number of amides is 1. The zero-order chi connectivity index (χ0) is 17.5. The summed E-state index contributed by atoms with van der Waals surface area (Å²) in [5, 5.41) is 6.81. The maximum Gasteiger partial charge on any atom is 0.243 e. The molecule has 2 aromatic rings. The summed E-state index contributed by atoms with van der Waals surface area (Å²) in [6.07, 6.45) is 0. The van der Waals surface area contributed by atoms with Gasteiger partial charge in [-0.15, -0.1) is 0 Å². The summed E-state index contributed by atoms with van der Waals surface area (Å²) in [5.41, 5.74) is 1.37. The molecule has 2 N–H and O–H groups in total. The fourth-order valence-electron chi connectivity index (χ4n) is 1.91. The minimum absolute atomic E-state index is 0.104. The highest BCUT2D eigenvalue weighted by Gasteiger charge is 2.06. The molecule has 0 spiro atoms. The molecule has 0 radical (unpaired) electrons. The van der Waals surface area contributed by atoms with E-state index in [0.29, 0.717) is 33.9 Å². The highest BCUT2D eigenvalue weighted by Crippen LogP contribution is 2.25. The Bertz CT molecular complexity index is 688. The highest BCUT2D eigenvalue weighted by molar-refractivity contribution is 6.36. The Hall–Kier alpha value is -1.91. The lowest BCUT2D eigenvalue weighted by Gasteiger charge is -2.11. The molecule has 0 unspecified atom stereocenters. The van der Waals surface area contributed by atoms with Crippen LogP contribution < -0.4 is 15.4 Å². The topological polar surface area (TPSA) is 50.4 Å². The lowest BCUT2D eigenvalue weighted by molar-refractivity contribution is -0.114. The monoisotopic (exact) mass is 366 g/mol. The van der Waals surface area contributed by atoms with E-state index in [1.807, 2.05) is 24.3 Å². The van der Waals surface area contributed by atoms with Gasteiger partial charge < -0.3 is 15.4 Å². The summed E-state index contributed by atoms with van der Waals surface area (Å²) in [7, 11) is 0. The molecule has 0 bridgehead atoms. The first-order valence-corrected chi connectivity index (χ1v) is 8.41. The van der Waals surface area contributed by atoms with Gasteiger partial charge in [0, 0.05) is 10.7 Å². The Morgan fingerprint density at radius 3 is 2.46 bits per heavy atom. The maximum atomic E-state index is 12.0. The van der Waals surface area contributed by atoms with Gasteiger partial charge >= 0.3 is 0 Å². The van der Waals surface area contributed by atoms with E-state index in [9.17, 15) is 4.79 Å². The molecular weight excluding hydrogens is 347 g/mol. The van der Waals surface area contributed by atoms with Gasteiger partial charge in [-0.25, -0.2) is 0 Å². The molecule has 0 fully saturated rings. The Morgan fingerprint density at radius 1 is 1.12 bits per heavy atom. The third-order valence-corrected chi connectivity index (χ3v) is 3.64. The van der Waals surface area contributed by atoms with Crippen LogP contribution in [0.1, 0.15) is 13.8 Å². The Kier molecular flexibility index (Phi) is 6.76. The molecule has 128 valence electrons. The number of carbonyl (C=O) groups is 1. The smallest absolute Gasteiger partial charge is 0.243 e. The molecule has 0 aliphatic carbocycles. The van der Waals surface area contributed by atoms with E-state index in [-0.39, 0.29) is 12.5 Å². The summed E-state index contributed by atoms with van der Waals surface area (Å²) in [4.78, 5) is 12.0. The van der Waals surface area contributed by atoms with E-state index < -0.39 is 0 Å². The average Bonchev–Trinajstić information content (AvgIpc) is 2.53. The van der Waals surface area contributed by atoms with Crippen molar-refractivity contribution in [2.24, 2.45) is 5.92 Å². The fraction of sp³-hybridized carbons (Fsp3) is 0.278. The zero-order valence-electron chi connectivity index (χ0n) is 13.6. The number of ether oxygens (including phenoxy) is 1. The van der Waals surface area contributed by atoms with Crippen LogP contribution in [-0.2, 0) is 4.79 Å². The van der Waals surface area contributed by atoms with Crippen LogP contribution in [0.15, 0.2) is 42.5 Å². The van der Waals surface area contributed by atoms with Crippen molar-refractivity contribution in [1.82, 2.24) is 0 Å². The van der Waals surface area contributed by atoms with E-state index in [0.717, 1.165) is 5.75 Å². The first kappa shape index (κ1) is 18.4. The Morgan fingerprint density at radius 2 is 1.83 bits per heavy atom. The molecule has 2 rings (SSSR count). The molecule has 1 amide bonds. The predicted molar refractivity (Wildman–Crippen MR) is 100 cm³/mol. The summed E-state index contributed by atoms with van der Waals surface area (Å²) < 4.78 is 5.61. The van der Waals surface area contributed by atoms with Gasteiger partial charge in [0.1, 0.15) is 5.75 Å². The van der Waals surface area contributed by atoms with Crippen molar-refractivity contribution >= 4 is 40.5 Å². The highest BCUT2D eigenvalue weighted by atomic mass is 35.5. The Labute approximate surface area is 152 Å². The predicted octanol–water partition coefficient (Wildman–Crippen LogP) is 5.08. The van der Waals surface area contributed by atoms with Crippen LogP contribution in [0.5, 0.6) is 5.75 Å². The van der Waals surface area contributed by atoms with Gasteiger partial charge in [-0.2, -0.15) is 0 Å². The van der Waals surface area contributed by atoms with Crippen molar-refractivity contribution < 1.29 is 9.53 Å². The molecule has 0 aromatic heterocycles. The van der Waals surface area contributed by atoms with Crippen molar-refractivity contribution in [3.05, 3.63) is 52.5 Å². The summed E-state index contributed by atoms with van der Waals surface area (Å²) in [6.45, 7) is 4.95. The minimum Gasteiger partial charge on any atom is -0.493 e. The largest absolute Gasteiger partial charge is 0.493 e. The van der Waals surface area contributed by atoms with Crippen molar-refractivity contribution in [3.63, 3.8) is 0 Å². The number of halogens is 2. The molecule has 0 saturated carbocycles. The van der Waals surface area contributed by atoms with Gasteiger partial charge in [-0.05, 0) is 48.4 Å². The maximum absolute atomic E-state index is 12.0. The summed E-state index contributed by atoms with van der Waals surface area (Å²) >= 11 is 11.9. The van der Waals surface area contributed by atoms with Gasteiger partial charge in [0.15, 0.2) is 0 Å². The minimum atomic E-state index is -0.170. The number of nitrogens with one attached hydrogen (secondary N) is 2. The number of benzene rings is 2. The SMILES string of the molecule is CC(C)COc1ccc(NC(=O)CNc2ccc(Cl)cc2Cl)cc1. The number of carbonyl (C=O) groups excluding carboxylic acids is 1. The molecule has 4 nitrogen and oxygen atoms in total. The van der Waals surface area contributed by atoms with Crippen LogP contribution in [0.4, 0.5) is 11.4 Å². The molecule has 0 heterocycles. The lowest BCUT2D eigenvalue weighted by Crippen LogP contribution is -2.21. The third-order valence-electron chi connectivity index (χ3n) is 3.09. The third kappa shape index (κ3) is 5.95.